The van der Waals surface area contributed by atoms with Crippen LogP contribution in [0.2, 0.25) is 0 Å². The van der Waals surface area contributed by atoms with Crippen LogP contribution in [0, 0.1) is 22.9 Å². The van der Waals surface area contributed by atoms with E-state index in [-0.39, 0.29) is 17.9 Å². The van der Waals surface area contributed by atoms with Crippen LogP contribution in [0.25, 0.3) is 0 Å². The summed E-state index contributed by atoms with van der Waals surface area (Å²) in [4.78, 5) is 21.2. The molecule has 0 aliphatic heterocycles. The third-order valence-electron chi connectivity index (χ3n) is 1.95. The predicted octanol–water partition coefficient (Wildman–Crippen LogP) is 2.22. The minimum absolute atomic E-state index is 0.0391. The minimum Gasteiger partial charge on any atom is -0.462 e. The fourth-order valence-corrected chi connectivity index (χ4v) is 1.21. The van der Waals surface area contributed by atoms with E-state index in [9.17, 15) is 19.3 Å². The molecule has 0 amide bonds. The summed E-state index contributed by atoms with van der Waals surface area (Å²) < 4.78 is 18.1. The van der Waals surface area contributed by atoms with Crippen molar-refractivity contribution in [3.63, 3.8) is 0 Å². The fourth-order valence-electron chi connectivity index (χ4n) is 1.21. The Hall–Kier alpha value is -1.98. The van der Waals surface area contributed by atoms with Gasteiger partial charge in [0.15, 0.2) is 0 Å². The van der Waals surface area contributed by atoms with Crippen molar-refractivity contribution >= 4 is 11.7 Å². The van der Waals surface area contributed by atoms with Crippen LogP contribution in [-0.4, -0.2) is 17.5 Å². The van der Waals surface area contributed by atoms with E-state index in [4.69, 9.17) is 0 Å². The Bertz CT molecular complexity index is 445. The van der Waals surface area contributed by atoms with E-state index in [1.807, 2.05) is 0 Å². The van der Waals surface area contributed by atoms with Crippen LogP contribution in [0.5, 0.6) is 0 Å². The van der Waals surface area contributed by atoms with Crippen LogP contribution < -0.4 is 0 Å². The monoisotopic (exact) mass is 227 g/mol. The molecule has 1 rings (SSSR count). The average molecular weight is 227 g/mol. The average Bonchev–Trinajstić information content (AvgIpc) is 2.21. The van der Waals surface area contributed by atoms with Gasteiger partial charge in [-0.3, -0.25) is 10.1 Å². The fraction of sp³-hybridized carbons (Fsp3) is 0.300. The highest BCUT2D eigenvalue weighted by Crippen LogP contribution is 2.21. The Labute approximate surface area is 91.0 Å². The topological polar surface area (TPSA) is 69.4 Å². The summed E-state index contributed by atoms with van der Waals surface area (Å²) in [5.41, 5.74) is -0.701. The van der Waals surface area contributed by atoms with Gasteiger partial charge in [-0.2, -0.15) is 0 Å². The van der Waals surface area contributed by atoms with Gasteiger partial charge < -0.3 is 4.74 Å². The maximum absolute atomic E-state index is 13.5. The SMILES string of the molecule is CCOC(=O)c1cc([N+](=O)[O-])cc(C)c1F. The van der Waals surface area contributed by atoms with Crippen molar-refractivity contribution < 1.29 is 18.8 Å². The molecule has 0 bridgehead atoms. The third kappa shape index (κ3) is 2.33. The normalized spacial score (nSPS) is 9.94. The highest BCUT2D eigenvalue weighted by atomic mass is 19.1. The summed E-state index contributed by atoms with van der Waals surface area (Å²) in [6.07, 6.45) is 0. The molecule has 6 heteroatoms. The quantitative estimate of drug-likeness (QED) is 0.451. The number of benzene rings is 1. The first-order valence-electron chi connectivity index (χ1n) is 4.59. The van der Waals surface area contributed by atoms with Crippen LogP contribution in [0.4, 0.5) is 10.1 Å². The zero-order valence-corrected chi connectivity index (χ0v) is 8.82. The van der Waals surface area contributed by atoms with Gasteiger partial charge >= 0.3 is 5.97 Å². The highest BCUT2D eigenvalue weighted by molar-refractivity contribution is 5.90. The standard InChI is InChI=1S/C10H10FNO4/c1-3-16-10(13)8-5-7(12(14)15)4-6(2)9(8)11/h4-5H,3H2,1-2H3. The van der Waals surface area contributed by atoms with E-state index in [0.717, 1.165) is 12.1 Å². The summed E-state index contributed by atoms with van der Waals surface area (Å²) in [6, 6.07) is 1.94. The van der Waals surface area contributed by atoms with Gasteiger partial charge in [-0.05, 0) is 19.4 Å². The number of nitro groups is 1. The number of rotatable bonds is 3. The molecule has 0 radical (unpaired) electrons. The largest absolute Gasteiger partial charge is 0.462 e. The van der Waals surface area contributed by atoms with E-state index >= 15 is 0 Å². The summed E-state index contributed by atoms with van der Waals surface area (Å²) in [5, 5.41) is 10.5. The zero-order valence-electron chi connectivity index (χ0n) is 8.82. The molecule has 86 valence electrons. The lowest BCUT2D eigenvalue weighted by Crippen LogP contribution is -2.09. The molecule has 0 spiro atoms. The van der Waals surface area contributed by atoms with E-state index in [0.29, 0.717) is 0 Å². The van der Waals surface area contributed by atoms with Crippen molar-refractivity contribution in [2.75, 3.05) is 6.61 Å². The molecule has 0 unspecified atom stereocenters. The number of carbonyl (C=O) groups is 1. The van der Waals surface area contributed by atoms with Crippen LogP contribution >= 0.6 is 0 Å². The minimum atomic E-state index is -0.896. The number of esters is 1. The van der Waals surface area contributed by atoms with Gasteiger partial charge in [0.1, 0.15) is 11.4 Å². The van der Waals surface area contributed by atoms with Gasteiger partial charge in [0.25, 0.3) is 5.69 Å². The molecular formula is C10H10FNO4. The maximum Gasteiger partial charge on any atom is 0.341 e. The number of hydrogen-bond donors (Lipinski definition) is 0. The van der Waals surface area contributed by atoms with Crippen LogP contribution in [0.3, 0.4) is 0 Å². The first-order valence-corrected chi connectivity index (χ1v) is 4.59. The van der Waals surface area contributed by atoms with E-state index in [1.165, 1.54) is 6.92 Å². The lowest BCUT2D eigenvalue weighted by Gasteiger charge is -2.05. The molecule has 5 nitrogen and oxygen atoms in total. The molecule has 0 aliphatic rings. The third-order valence-corrected chi connectivity index (χ3v) is 1.95. The van der Waals surface area contributed by atoms with Crippen LogP contribution in [-0.2, 0) is 4.74 Å². The molecule has 0 aliphatic carbocycles. The van der Waals surface area contributed by atoms with Crippen LogP contribution in [0.1, 0.15) is 22.8 Å². The van der Waals surface area contributed by atoms with Gasteiger partial charge in [-0.1, -0.05) is 0 Å². The number of nitro benzene ring substituents is 1. The second-order valence-electron chi connectivity index (χ2n) is 3.10. The number of hydrogen-bond acceptors (Lipinski definition) is 4. The molecule has 1 aromatic carbocycles. The van der Waals surface area contributed by atoms with Gasteiger partial charge in [0.2, 0.25) is 0 Å². The smallest absolute Gasteiger partial charge is 0.341 e. The van der Waals surface area contributed by atoms with Gasteiger partial charge in [0, 0.05) is 12.1 Å². The molecule has 16 heavy (non-hydrogen) atoms. The Morgan fingerprint density at radius 1 is 1.56 bits per heavy atom. The Balaban J connectivity index is 3.26. The Morgan fingerprint density at radius 3 is 2.69 bits per heavy atom. The Morgan fingerprint density at radius 2 is 2.19 bits per heavy atom. The molecule has 0 saturated carbocycles. The van der Waals surface area contributed by atoms with Crippen molar-refractivity contribution in [1.29, 1.82) is 0 Å². The second kappa shape index (κ2) is 4.69. The van der Waals surface area contributed by atoms with Crippen molar-refractivity contribution in [2.24, 2.45) is 0 Å². The predicted molar refractivity (Wildman–Crippen MR) is 53.7 cm³/mol. The van der Waals surface area contributed by atoms with Gasteiger partial charge in [-0.25, -0.2) is 9.18 Å². The molecule has 0 fully saturated rings. The summed E-state index contributed by atoms with van der Waals surface area (Å²) in [6.45, 7) is 3.01. The first kappa shape index (κ1) is 12.1. The zero-order chi connectivity index (χ0) is 12.3. The number of carbonyl (C=O) groups excluding carboxylic acids is 1. The van der Waals surface area contributed by atoms with Gasteiger partial charge in [-0.15, -0.1) is 0 Å². The molecule has 0 N–H and O–H groups in total. The van der Waals surface area contributed by atoms with E-state index < -0.39 is 22.3 Å². The number of aryl methyl sites for hydroxylation is 1. The molecule has 0 atom stereocenters. The number of non-ortho nitro benzene ring substituents is 1. The lowest BCUT2D eigenvalue weighted by molar-refractivity contribution is -0.385. The number of ether oxygens (including phenoxy) is 1. The maximum atomic E-state index is 13.5. The van der Waals surface area contributed by atoms with Gasteiger partial charge in [0.05, 0.1) is 11.5 Å². The van der Waals surface area contributed by atoms with Crippen molar-refractivity contribution in [3.8, 4) is 0 Å². The Kier molecular flexibility index (Phi) is 3.55. The molecular weight excluding hydrogens is 217 g/mol. The van der Waals surface area contributed by atoms with Crippen molar-refractivity contribution in [2.45, 2.75) is 13.8 Å². The number of nitrogens with zero attached hydrogens (tertiary/aromatic N) is 1. The van der Waals surface area contributed by atoms with E-state index in [1.54, 1.807) is 6.92 Å². The second-order valence-corrected chi connectivity index (χ2v) is 3.10. The summed E-state index contributed by atoms with van der Waals surface area (Å²) in [7, 11) is 0. The summed E-state index contributed by atoms with van der Waals surface area (Å²) >= 11 is 0. The highest BCUT2D eigenvalue weighted by Gasteiger charge is 2.20. The molecule has 0 aromatic heterocycles. The molecule has 1 aromatic rings. The lowest BCUT2D eigenvalue weighted by atomic mass is 10.1. The van der Waals surface area contributed by atoms with Crippen LogP contribution in [0.15, 0.2) is 12.1 Å². The van der Waals surface area contributed by atoms with Crippen molar-refractivity contribution in [3.05, 3.63) is 39.2 Å². The van der Waals surface area contributed by atoms with E-state index in [2.05, 4.69) is 4.74 Å². The first-order chi connectivity index (χ1) is 7.47. The van der Waals surface area contributed by atoms with Crippen molar-refractivity contribution in [1.82, 2.24) is 0 Å². The molecule has 0 heterocycles. The summed E-state index contributed by atoms with van der Waals surface area (Å²) in [5.74, 6) is -1.68. The molecule has 0 saturated heterocycles. The number of halogens is 1.